The van der Waals surface area contributed by atoms with Crippen molar-refractivity contribution in [1.29, 1.82) is 0 Å². The number of hydrogen-bond donors (Lipinski definition) is 1. The molecule has 0 aromatic carbocycles. The monoisotopic (exact) mass is 228 g/mol. The van der Waals surface area contributed by atoms with Gasteiger partial charge in [-0.3, -0.25) is 0 Å². The van der Waals surface area contributed by atoms with Crippen LogP contribution < -0.4 is 0 Å². The fraction of sp³-hybridized carbons (Fsp3) is 0.333. The van der Waals surface area contributed by atoms with E-state index in [1.807, 2.05) is 6.92 Å². The average molecular weight is 229 g/mol. The van der Waals surface area contributed by atoms with Gasteiger partial charge in [-0.05, 0) is 24.1 Å². The van der Waals surface area contributed by atoms with Gasteiger partial charge in [0, 0.05) is 0 Å². The van der Waals surface area contributed by atoms with Crippen molar-refractivity contribution in [3.8, 4) is 11.5 Å². The predicted octanol–water partition coefficient (Wildman–Crippen LogP) is 2.43. The van der Waals surface area contributed by atoms with E-state index in [1.54, 1.807) is 6.07 Å². The van der Waals surface area contributed by atoms with Crippen molar-refractivity contribution in [1.82, 2.24) is 10.1 Å². The lowest BCUT2D eigenvalue weighted by molar-refractivity contribution is 0.159. The first-order valence-corrected chi connectivity index (χ1v) is 4.85. The Balaban J connectivity index is 2.32. The third-order valence-corrected chi connectivity index (χ3v) is 2.27. The SMILES string of the molecule is CCC(O)c1noc(-c2ccoc2Cl)n1. The third kappa shape index (κ3) is 1.88. The first kappa shape index (κ1) is 10.2. The molecular formula is C9H9ClN2O3. The molecule has 0 saturated carbocycles. The van der Waals surface area contributed by atoms with Gasteiger partial charge in [-0.2, -0.15) is 4.98 Å². The maximum atomic E-state index is 9.47. The lowest BCUT2D eigenvalue weighted by Gasteiger charge is -1.97. The molecule has 0 aliphatic rings. The highest BCUT2D eigenvalue weighted by Crippen LogP contribution is 2.28. The first-order chi connectivity index (χ1) is 7.22. The van der Waals surface area contributed by atoms with Gasteiger partial charge in [0.15, 0.2) is 0 Å². The zero-order valence-corrected chi connectivity index (χ0v) is 8.73. The minimum atomic E-state index is -0.715. The lowest BCUT2D eigenvalue weighted by atomic mass is 10.3. The van der Waals surface area contributed by atoms with Crippen LogP contribution in [0.4, 0.5) is 0 Å². The second-order valence-corrected chi connectivity index (χ2v) is 3.33. The minimum Gasteiger partial charge on any atom is -0.452 e. The molecule has 0 amide bonds. The molecule has 0 radical (unpaired) electrons. The molecule has 15 heavy (non-hydrogen) atoms. The molecule has 0 fully saturated rings. The van der Waals surface area contributed by atoms with Crippen LogP contribution in [-0.4, -0.2) is 15.2 Å². The molecule has 2 heterocycles. The van der Waals surface area contributed by atoms with Crippen LogP contribution in [0.25, 0.3) is 11.5 Å². The molecule has 1 atom stereocenters. The minimum absolute atomic E-state index is 0.191. The number of aliphatic hydroxyl groups is 1. The average Bonchev–Trinajstić information content (AvgIpc) is 2.84. The molecule has 2 aromatic heterocycles. The van der Waals surface area contributed by atoms with Gasteiger partial charge >= 0.3 is 0 Å². The van der Waals surface area contributed by atoms with Crippen LogP contribution in [0.3, 0.4) is 0 Å². The summed E-state index contributed by atoms with van der Waals surface area (Å²) in [6, 6.07) is 1.62. The van der Waals surface area contributed by atoms with Crippen LogP contribution in [0.15, 0.2) is 21.3 Å². The Kier molecular flexibility index (Phi) is 2.75. The van der Waals surface area contributed by atoms with Gasteiger partial charge in [0.25, 0.3) is 5.89 Å². The first-order valence-electron chi connectivity index (χ1n) is 4.47. The largest absolute Gasteiger partial charge is 0.452 e. The van der Waals surface area contributed by atoms with Crippen molar-refractivity contribution in [3.05, 3.63) is 23.4 Å². The van der Waals surface area contributed by atoms with Crippen molar-refractivity contribution in [3.63, 3.8) is 0 Å². The van der Waals surface area contributed by atoms with Gasteiger partial charge in [-0.1, -0.05) is 12.1 Å². The van der Waals surface area contributed by atoms with Crippen LogP contribution >= 0.6 is 11.6 Å². The van der Waals surface area contributed by atoms with Gasteiger partial charge in [-0.15, -0.1) is 0 Å². The van der Waals surface area contributed by atoms with E-state index in [4.69, 9.17) is 20.5 Å². The van der Waals surface area contributed by atoms with Crippen molar-refractivity contribution in [2.24, 2.45) is 0 Å². The second-order valence-electron chi connectivity index (χ2n) is 2.99. The standard InChI is InChI=1S/C9H9ClN2O3/c1-2-6(13)8-11-9(15-12-8)5-3-4-14-7(5)10/h3-4,6,13H,2H2,1H3. The number of rotatable bonds is 3. The Morgan fingerprint density at radius 3 is 3.00 bits per heavy atom. The summed E-state index contributed by atoms with van der Waals surface area (Å²) in [7, 11) is 0. The topological polar surface area (TPSA) is 72.3 Å². The molecule has 0 aliphatic carbocycles. The summed E-state index contributed by atoms with van der Waals surface area (Å²) in [5.41, 5.74) is 0.527. The predicted molar refractivity (Wildman–Crippen MR) is 52.3 cm³/mol. The summed E-state index contributed by atoms with van der Waals surface area (Å²) in [4.78, 5) is 4.01. The number of furan rings is 1. The number of aliphatic hydroxyl groups excluding tert-OH is 1. The fourth-order valence-corrected chi connectivity index (χ4v) is 1.30. The fourth-order valence-electron chi connectivity index (χ4n) is 1.11. The van der Waals surface area contributed by atoms with E-state index >= 15 is 0 Å². The Morgan fingerprint density at radius 1 is 1.60 bits per heavy atom. The molecule has 0 spiro atoms. The van der Waals surface area contributed by atoms with Crippen molar-refractivity contribution < 1.29 is 14.0 Å². The lowest BCUT2D eigenvalue weighted by Crippen LogP contribution is -1.97. The highest BCUT2D eigenvalue weighted by Gasteiger charge is 2.17. The number of aromatic nitrogens is 2. The molecule has 1 N–H and O–H groups in total. The molecular weight excluding hydrogens is 220 g/mol. The molecule has 0 aliphatic heterocycles. The summed E-state index contributed by atoms with van der Waals surface area (Å²) < 4.78 is 9.84. The maximum Gasteiger partial charge on any atom is 0.262 e. The Labute approximate surface area is 90.7 Å². The highest BCUT2D eigenvalue weighted by atomic mass is 35.5. The molecule has 2 rings (SSSR count). The van der Waals surface area contributed by atoms with E-state index in [-0.39, 0.29) is 16.9 Å². The van der Waals surface area contributed by atoms with Gasteiger partial charge in [0.1, 0.15) is 6.10 Å². The molecule has 80 valence electrons. The molecule has 6 heteroatoms. The molecule has 1 unspecified atom stereocenters. The quantitative estimate of drug-likeness (QED) is 0.874. The van der Waals surface area contributed by atoms with E-state index in [2.05, 4.69) is 10.1 Å². The number of nitrogens with zero attached hydrogens (tertiary/aromatic N) is 2. The summed E-state index contributed by atoms with van der Waals surface area (Å²) in [6.45, 7) is 1.82. The van der Waals surface area contributed by atoms with E-state index in [0.29, 0.717) is 12.0 Å². The van der Waals surface area contributed by atoms with Crippen LogP contribution in [0.1, 0.15) is 25.3 Å². The Morgan fingerprint density at radius 2 is 2.40 bits per heavy atom. The Bertz CT molecular complexity index is 452. The van der Waals surface area contributed by atoms with E-state index < -0.39 is 6.10 Å². The van der Waals surface area contributed by atoms with E-state index in [0.717, 1.165) is 0 Å². The summed E-state index contributed by atoms with van der Waals surface area (Å²) in [6.07, 6.45) is 1.24. The summed E-state index contributed by atoms with van der Waals surface area (Å²) in [5.74, 6) is 0.501. The molecule has 0 bridgehead atoms. The number of halogens is 1. The van der Waals surface area contributed by atoms with E-state index in [1.165, 1.54) is 6.26 Å². The van der Waals surface area contributed by atoms with Crippen LogP contribution in [0, 0.1) is 0 Å². The van der Waals surface area contributed by atoms with E-state index in [9.17, 15) is 5.11 Å². The zero-order chi connectivity index (χ0) is 10.8. The molecule has 2 aromatic rings. The zero-order valence-electron chi connectivity index (χ0n) is 7.98. The van der Waals surface area contributed by atoms with Crippen molar-refractivity contribution in [2.75, 3.05) is 0 Å². The van der Waals surface area contributed by atoms with Gasteiger partial charge in [0.2, 0.25) is 11.0 Å². The smallest absolute Gasteiger partial charge is 0.262 e. The second kappa shape index (κ2) is 4.04. The van der Waals surface area contributed by atoms with Crippen LogP contribution in [0.5, 0.6) is 0 Å². The van der Waals surface area contributed by atoms with Crippen molar-refractivity contribution in [2.45, 2.75) is 19.4 Å². The Hall–Kier alpha value is -1.33. The van der Waals surface area contributed by atoms with Gasteiger partial charge in [0.05, 0.1) is 11.8 Å². The third-order valence-electron chi connectivity index (χ3n) is 1.97. The summed E-state index contributed by atoms with van der Waals surface area (Å²) in [5, 5.41) is 13.3. The summed E-state index contributed by atoms with van der Waals surface area (Å²) >= 11 is 5.74. The normalized spacial score (nSPS) is 13.0. The van der Waals surface area contributed by atoms with Gasteiger partial charge in [-0.25, -0.2) is 0 Å². The molecule has 5 nitrogen and oxygen atoms in total. The van der Waals surface area contributed by atoms with Crippen molar-refractivity contribution >= 4 is 11.6 Å². The maximum absolute atomic E-state index is 9.47. The molecule has 0 saturated heterocycles. The number of hydrogen-bond acceptors (Lipinski definition) is 5. The van der Waals surface area contributed by atoms with Crippen LogP contribution in [-0.2, 0) is 0 Å². The van der Waals surface area contributed by atoms with Gasteiger partial charge < -0.3 is 14.0 Å². The highest BCUT2D eigenvalue weighted by molar-refractivity contribution is 6.31. The van der Waals surface area contributed by atoms with Crippen LogP contribution in [0.2, 0.25) is 5.22 Å².